The lowest BCUT2D eigenvalue weighted by Gasteiger charge is -2.35. The topological polar surface area (TPSA) is 42.2 Å². The molecule has 0 aliphatic carbocycles. The molecule has 0 heterocycles. The maximum Gasteiger partial charge on any atom is 0.161 e. The zero-order valence-corrected chi connectivity index (χ0v) is 16.1. The highest BCUT2D eigenvalue weighted by atomic mass is 127. The third kappa shape index (κ3) is 3.87. The van der Waals surface area contributed by atoms with Crippen molar-refractivity contribution in [2.75, 3.05) is 18.6 Å². The van der Waals surface area contributed by atoms with E-state index in [9.17, 15) is 5.26 Å². The summed E-state index contributed by atoms with van der Waals surface area (Å²) < 4.78 is 11.8. The second-order valence-electron chi connectivity index (χ2n) is 5.46. The number of nitrogens with zero attached hydrogens (tertiary/aromatic N) is 1. The average molecular weight is 415 g/mol. The number of hydrogen-bond donors (Lipinski definition) is 0. The number of halogens is 1. The van der Waals surface area contributed by atoms with Crippen LogP contribution in [0.1, 0.15) is 45.1 Å². The molecule has 3 nitrogen and oxygen atoms in total. The fourth-order valence-electron chi connectivity index (χ4n) is 3.24. The van der Waals surface area contributed by atoms with Crippen molar-refractivity contribution < 1.29 is 9.47 Å². The molecule has 1 aromatic carbocycles. The van der Waals surface area contributed by atoms with Crippen molar-refractivity contribution in [3.05, 3.63) is 23.8 Å². The molecule has 4 heteroatoms. The quantitative estimate of drug-likeness (QED) is 0.416. The van der Waals surface area contributed by atoms with Crippen molar-refractivity contribution in [2.24, 2.45) is 5.92 Å². The molecular formula is C18H26INO2. The second kappa shape index (κ2) is 9.24. The van der Waals surface area contributed by atoms with Gasteiger partial charge in [-0.05, 0) is 40.9 Å². The molecule has 0 amide bonds. The molecule has 0 aromatic heterocycles. The number of benzene rings is 1. The number of methoxy groups -OCH3 is 2. The molecule has 0 saturated carbocycles. The van der Waals surface area contributed by atoms with Crippen LogP contribution in [0.4, 0.5) is 0 Å². The summed E-state index contributed by atoms with van der Waals surface area (Å²) >= 11 is 2.38. The predicted molar refractivity (Wildman–Crippen MR) is 99.0 cm³/mol. The SMILES string of the molecule is CCC(CC)C(C#N)(CCCI)c1ccc(OC)c(OC)c1. The van der Waals surface area contributed by atoms with Crippen LogP contribution in [-0.2, 0) is 5.41 Å². The third-order valence-electron chi connectivity index (χ3n) is 4.49. The summed E-state index contributed by atoms with van der Waals surface area (Å²) in [4.78, 5) is 0. The van der Waals surface area contributed by atoms with Crippen molar-refractivity contribution in [3.8, 4) is 17.6 Å². The van der Waals surface area contributed by atoms with Crippen LogP contribution in [0.5, 0.6) is 11.5 Å². The Morgan fingerprint density at radius 2 is 1.82 bits per heavy atom. The largest absolute Gasteiger partial charge is 0.493 e. The van der Waals surface area contributed by atoms with Gasteiger partial charge in [0, 0.05) is 0 Å². The predicted octanol–water partition coefficient (Wildman–Crippen LogP) is 5.12. The van der Waals surface area contributed by atoms with Gasteiger partial charge in [0.15, 0.2) is 11.5 Å². The third-order valence-corrected chi connectivity index (χ3v) is 5.25. The Morgan fingerprint density at radius 3 is 2.27 bits per heavy atom. The Morgan fingerprint density at radius 1 is 1.18 bits per heavy atom. The van der Waals surface area contributed by atoms with Crippen molar-refractivity contribution in [2.45, 2.75) is 44.9 Å². The fourth-order valence-corrected chi connectivity index (χ4v) is 3.62. The van der Waals surface area contributed by atoms with E-state index in [2.05, 4.69) is 42.5 Å². The molecule has 0 radical (unpaired) electrons. The van der Waals surface area contributed by atoms with Crippen molar-refractivity contribution in [3.63, 3.8) is 0 Å². The molecule has 0 bridgehead atoms. The van der Waals surface area contributed by atoms with Crippen LogP contribution in [0, 0.1) is 17.2 Å². The van der Waals surface area contributed by atoms with Crippen molar-refractivity contribution in [1.29, 1.82) is 5.26 Å². The van der Waals surface area contributed by atoms with Gasteiger partial charge in [0.05, 0.1) is 25.7 Å². The van der Waals surface area contributed by atoms with E-state index in [-0.39, 0.29) is 0 Å². The summed E-state index contributed by atoms with van der Waals surface area (Å²) in [5, 5.41) is 10.1. The van der Waals surface area contributed by atoms with E-state index in [0.29, 0.717) is 17.4 Å². The van der Waals surface area contributed by atoms with Gasteiger partial charge in [-0.3, -0.25) is 0 Å². The molecule has 0 N–H and O–H groups in total. The van der Waals surface area contributed by atoms with Crippen molar-refractivity contribution in [1.82, 2.24) is 0 Å². The summed E-state index contributed by atoms with van der Waals surface area (Å²) in [6, 6.07) is 8.57. The molecule has 1 atom stereocenters. The highest BCUT2D eigenvalue weighted by molar-refractivity contribution is 14.1. The van der Waals surface area contributed by atoms with Gasteiger partial charge in [0.25, 0.3) is 0 Å². The minimum atomic E-state index is -0.450. The van der Waals surface area contributed by atoms with Gasteiger partial charge in [-0.2, -0.15) is 5.26 Å². The average Bonchev–Trinajstić information content (AvgIpc) is 2.58. The minimum Gasteiger partial charge on any atom is -0.493 e. The van der Waals surface area contributed by atoms with Gasteiger partial charge in [-0.15, -0.1) is 0 Å². The molecule has 1 rings (SSSR count). The zero-order chi connectivity index (χ0) is 16.6. The van der Waals surface area contributed by atoms with E-state index >= 15 is 0 Å². The second-order valence-corrected chi connectivity index (χ2v) is 6.54. The lowest BCUT2D eigenvalue weighted by Crippen LogP contribution is -2.33. The van der Waals surface area contributed by atoms with Crippen LogP contribution in [0.3, 0.4) is 0 Å². The standard InChI is InChI=1S/C18H26INO2/c1-5-14(6-2)18(13-20,10-7-11-19)15-8-9-16(21-3)17(12-15)22-4/h8-9,12,14H,5-7,10-11H2,1-4H3. The lowest BCUT2D eigenvalue weighted by atomic mass is 9.66. The van der Waals surface area contributed by atoms with Crippen LogP contribution in [0.15, 0.2) is 18.2 Å². The van der Waals surface area contributed by atoms with Gasteiger partial charge < -0.3 is 9.47 Å². The van der Waals surface area contributed by atoms with Gasteiger partial charge in [0.1, 0.15) is 0 Å². The van der Waals surface area contributed by atoms with Gasteiger partial charge >= 0.3 is 0 Å². The smallest absolute Gasteiger partial charge is 0.161 e. The molecule has 1 aromatic rings. The number of alkyl halides is 1. The molecule has 22 heavy (non-hydrogen) atoms. The van der Waals surface area contributed by atoms with E-state index in [0.717, 1.165) is 35.7 Å². The van der Waals surface area contributed by atoms with Crippen LogP contribution in [0.2, 0.25) is 0 Å². The van der Waals surface area contributed by atoms with Crippen LogP contribution < -0.4 is 9.47 Å². The first-order chi connectivity index (χ1) is 10.6. The van der Waals surface area contributed by atoms with Gasteiger partial charge in [-0.25, -0.2) is 0 Å². The lowest BCUT2D eigenvalue weighted by molar-refractivity contribution is 0.296. The first-order valence-corrected chi connectivity index (χ1v) is 9.35. The summed E-state index contributed by atoms with van der Waals surface area (Å²) in [5.41, 5.74) is 0.597. The summed E-state index contributed by atoms with van der Waals surface area (Å²) in [6.45, 7) is 4.34. The molecular weight excluding hydrogens is 389 g/mol. The molecule has 0 aliphatic rings. The monoisotopic (exact) mass is 415 g/mol. The van der Waals surface area contributed by atoms with Crippen molar-refractivity contribution >= 4 is 22.6 Å². The highest BCUT2D eigenvalue weighted by Gasteiger charge is 2.39. The summed E-state index contributed by atoms with van der Waals surface area (Å²) in [7, 11) is 3.27. The molecule has 0 aliphatic heterocycles. The summed E-state index contributed by atoms with van der Waals surface area (Å²) in [5.74, 6) is 1.75. The number of rotatable bonds is 9. The number of hydrogen-bond acceptors (Lipinski definition) is 3. The molecule has 0 spiro atoms. The zero-order valence-electron chi connectivity index (χ0n) is 14.0. The van der Waals surface area contributed by atoms with Crippen LogP contribution in [-0.4, -0.2) is 18.6 Å². The first kappa shape index (κ1) is 19.1. The molecule has 0 fully saturated rings. The van der Waals surface area contributed by atoms with Gasteiger partial charge in [-0.1, -0.05) is 55.3 Å². The Hall–Kier alpha value is -0.960. The maximum atomic E-state index is 10.1. The fraction of sp³-hybridized carbons (Fsp3) is 0.611. The van der Waals surface area contributed by atoms with E-state index in [4.69, 9.17) is 9.47 Å². The minimum absolute atomic E-state index is 0.346. The number of ether oxygens (including phenoxy) is 2. The van der Waals surface area contributed by atoms with E-state index in [1.54, 1.807) is 14.2 Å². The van der Waals surface area contributed by atoms with Crippen LogP contribution in [0.25, 0.3) is 0 Å². The summed E-state index contributed by atoms with van der Waals surface area (Å²) in [6.07, 6.45) is 3.92. The van der Waals surface area contributed by atoms with E-state index in [1.807, 2.05) is 18.2 Å². The molecule has 1 unspecified atom stereocenters. The highest BCUT2D eigenvalue weighted by Crippen LogP contribution is 2.43. The van der Waals surface area contributed by atoms with E-state index in [1.165, 1.54) is 0 Å². The Labute approximate surface area is 148 Å². The Balaban J connectivity index is 3.40. The van der Waals surface area contributed by atoms with E-state index < -0.39 is 5.41 Å². The maximum absolute atomic E-state index is 10.1. The Kier molecular flexibility index (Phi) is 8.02. The normalized spacial score (nSPS) is 13.5. The van der Waals surface area contributed by atoms with Crippen LogP contribution >= 0.6 is 22.6 Å². The van der Waals surface area contributed by atoms with Gasteiger partial charge in [0.2, 0.25) is 0 Å². The number of nitriles is 1. The Bertz CT molecular complexity index is 508. The molecule has 0 saturated heterocycles. The molecule has 122 valence electrons. The first-order valence-electron chi connectivity index (χ1n) is 7.83.